The lowest BCUT2D eigenvalue weighted by molar-refractivity contribution is 0.416. The molecule has 126 valence electrons. The number of rotatable bonds is 4. The van der Waals surface area contributed by atoms with Crippen LogP contribution in [-0.2, 0) is 0 Å². The number of methoxy groups -OCH3 is 1. The monoisotopic (exact) mass is 339 g/mol. The van der Waals surface area contributed by atoms with Gasteiger partial charge in [-0.1, -0.05) is 54.6 Å². The number of hydrogen-bond acceptors (Lipinski definition) is 1. The van der Waals surface area contributed by atoms with Crippen molar-refractivity contribution in [3.05, 3.63) is 97.1 Å². The molecular weight excluding hydrogens is 320 g/mol. The molecular formula is C24H19O2+. The third-order valence-corrected chi connectivity index (χ3v) is 4.33. The normalized spacial score (nSPS) is 10.5. The van der Waals surface area contributed by atoms with Crippen LogP contribution in [-0.4, -0.2) is 7.11 Å². The minimum absolute atomic E-state index is 0.827. The van der Waals surface area contributed by atoms with Crippen molar-refractivity contribution in [2.24, 2.45) is 0 Å². The van der Waals surface area contributed by atoms with Crippen LogP contribution >= 0.6 is 0 Å². The SMILES string of the molecule is COc1ccccc1-c1cc(-c2ccccc2)[o+]c(-c2ccccc2)c1. The largest absolute Gasteiger partial charge is 0.496 e. The van der Waals surface area contributed by atoms with Crippen LogP contribution in [0.2, 0.25) is 0 Å². The zero-order chi connectivity index (χ0) is 17.8. The molecule has 4 aromatic rings. The topological polar surface area (TPSA) is 20.5 Å². The van der Waals surface area contributed by atoms with Crippen molar-refractivity contribution in [2.45, 2.75) is 0 Å². The molecule has 0 unspecified atom stereocenters. The molecule has 0 aliphatic rings. The Bertz CT molecular complexity index is 951. The molecule has 0 aliphatic carbocycles. The van der Waals surface area contributed by atoms with Crippen molar-refractivity contribution in [1.29, 1.82) is 0 Å². The van der Waals surface area contributed by atoms with E-state index in [1.807, 2.05) is 54.6 Å². The van der Waals surface area contributed by atoms with Gasteiger partial charge >= 0.3 is 11.5 Å². The number of benzene rings is 3. The zero-order valence-corrected chi connectivity index (χ0v) is 14.6. The summed E-state index contributed by atoms with van der Waals surface area (Å²) in [5.74, 6) is 2.50. The molecule has 0 fully saturated rings. The summed E-state index contributed by atoms with van der Waals surface area (Å²) < 4.78 is 11.8. The fourth-order valence-corrected chi connectivity index (χ4v) is 3.03. The fraction of sp³-hybridized carbons (Fsp3) is 0.0417. The average Bonchev–Trinajstić information content (AvgIpc) is 2.74. The molecule has 0 N–H and O–H groups in total. The van der Waals surface area contributed by atoms with Crippen LogP contribution < -0.4 is 4.74 Å². The lowest BCUT2D eigenvalue weighted by Gasteiger charge is -2.07. The van der Waals surface area contributed by atoms with E-state index < -0.39 is 0 Å². The Hall–Kier alpha value is -3.39. The van der Waals surface area contributed by atoms with E-state index in [1.54, 1.807) is 7.11 Å². The average molecular weight is 339 g/mol. The predicted molar refractivity (Wildman–Crippen MR) is 106 cm³/mol. The summed E-state index contributed by atoms with van der Waals surface area (Å²) in [5, 5.41) is 0. The van der Waals surface area contributed by atoms with Crippen LogP contribution in [0, 0.1) is 0 Å². The molecule has 4 rings (SSSR count). The minimum atomic E-state index is 0.827. The van der Waals surface area contributed by atoms with E-state index in [2.05, 4.69) is 42.5 Å². The first kappa shape index (κ1) is 16.1. The van der Waals surface area contributed by atoms with E-state index >= 15 is 0 Å². The van der Waals surface area contributed by atoms with Gasteiger partial charge in [0.25, 0.3) is 0 Å². The quantitative estimate of drug-likeness (QED) is 0.392. The van der Waals surface area contributed by atoms with Crippen LogP contribution in [0.4, 0.5) is 0 Å². The second-order valence-corrected chi connectivity index (χ2v) is 6.01. The van der Waals surface area contributed by atoms with Gasteiger partial charge in [0.15, 0.2) is 0 Å². The Kier molecular flexibility index (Phi) is 4.48. The maximum atomic E-state index is 6.24. The van der Waals surface area contributed by atoms with Gasteiger partial charge in [0.05, 0.1) is 30.4 Å². The van der Waals surface area contributed by atoms with Gasteiger partial charge in [-0.3, -0.25) is 0 Å². The second kappa shape index (κ2) is 7.24. The molecule has 0 saturated heterocycles. The summed E-state index contributed by atoms with van der Waals surface area (Å²) in [6.45, 7) is 0. The number of hydrogen-bond donors (Lipinski definition) is 0. The first-order chi connectivity index (χ1) is 12.8. The highest BCUT2D eigenvalue weighted by Crippen LogP contribution is 2.36. The molecule has 0 radical (unpaired) electrons. The molecule has 2 nitrogen and oxygen atoms in total. The van der Waals surface area contributed by atoms with Crippen LogP contribution in [0.1, 0.15) is 0 Å². The zero-order valence-electron chi connectivity index (χ0n) is 14.6. The molecule has 0 saturated carbocycles. The minimum Gasteiger partial charge on any atom is -0.496 e. The Morgan fingerprint density at radius 1 is 0.577 bits per heavy atom. The lowest BCUT2D eigenvalue weighted by atomic mass is 10.0. The van der Waals surface area contributed by atoms with Gasteiger partial charge in [-0.25, -0.2) is 4.42 Å². The van der Waals surface area contributed by atoms with Gasteiger partial charge in [0.2, 0.25) is 0 Å². The molecule has 0 amide bonds. The van der Waals surface area contributed by atoms with Crippen molar-refractivity contribution < 1.29 is 9.15 Å². The highest BCUT2D eigenvalue weighted by molar-refractivity contribution is 5.77. The molecule has 1 heterocycles. The van der Waals surface area contributed by atoms with Crippen molar-refractivity contribution in [3.63, 3.8) is 0 Å². The first-order valence-corrected chi connectivity index (χ1v) is 8.57. The standard InChI is InChI=1S/C24H19O2/c1-25-22-15-9-8-14-21(22)20-16-23(18-10-4-2-5-11-18)26-24(17-20)19-12-6-3-7-13-19/h2-17H,1H3/q+1. The summed E-state index contributed by atoms with van der Waals surface area (Å²) >= 11 is 0. The van der Waals surface area contributed by atoms with Crippen LogP contribution in [0.25, 0.3) is 33.8 Å². The summed E-state index contributed by atoms with van der Waals surface area (Å²) in [4.78, 5) is 0. The van der Waals surface area contributed by atoms with Crippen LogP contribution in [0.5, 0.6) is 5.75 Å². The van der Waals surface area contributed by atoms with Gasteiger partial charge in [-0.15, -0.1) is 0 Å². The number of ether oxygens (including phenoxy) is 1. The summed E-state index contributed by atoms with van der Waals surface area (Å²) in [7, 11) is 1.70. The van der Waals surface area contributed by atoms with Crippen molar-refractivity contribution in [1.82, 2.24) is 0 Å². The second-order valence-electron chi connectivity index (χ2n) is 6.01. The molecule has 2 heteroatoms. The Morgan fingerprint density at radius 2 is 1.08 bits per heavy atom. The van der Waals surface area contributed by atoms with E-state index in [4.69, 9.17) is 9.15 Å². The van der Waals surface area contributed by atoms with E-state index in [9.17, 15) is 0 Å². The first-order valence-electron chi connectivity index (χ1n) is 8.57. The molecule has 1 aromatic heterocycles. The van der Waals surface area contributed by atoms with Gasteiger partial charge < -0.3 is 4.74 Å². The fourth-order valence-electron chi connectivity index (χ4n) is 3.03. The highest BCUT2D eigenvalue weighted by Gasteiger charge is 2.21. The van der Waals surface area contributed by atoms with Crippen molar-refractivity contribution in [2.75, 3.05) is 7.11 Å². The summed E-state index contributed by atoms with van der Waals surface area (Å²) in [6, 6.07) is 32.5. The van der Waals surface area contributed by atoms with E-state index in [-0.39, 0.29) is 0 Å². The highest BCUT2D eigenvalue weighted by atomic mass is 16.5. The van der Waals surface area contributed by atoms with Crippen LogP contribution in [0.3, 0.4) is 0 Å². The Balaban J connectivity index is 1.94. The smallest absolute Gasteiger partial charge is 0.361 e. The van der Waals surface area contributed by atoms with Crippen LogP contribution in [0.15, 0.2) is 101 Å². The molecule has 3 aromatic carbocycles. The number of para-hydroxylation sites is 1. The summed E-state index contributed by atoms with van der Waals surface area (Å²) in [5.41, 5.74) is 4.19. The lowest BCUT2D eigenvalue weighted by Crippen LogP contribution is -1.90. The van der Waals surface area contributed by atoms with E-state index in [0.29, 0.717) is 0 Å². The molecule has 0 bridgehead atoms. The van der Waals surface area contributed by atoms with Gasteiger partial charge in [-0.05, 0) is 30.3 Å². The predicted octanol–water partition coefficient (Wildman–Crippen LogP) is 6.57. The maximum absolute atomic E-state index is 6.24. The van der Waals surface area contributed by atoms with Crippen molar-refractivity contribution >= 4 is 0 Å². The Morgan fingerprint density at radius 3 is 1.62 bits per heavy atom. The Labute approximate surface area is 153 Å². The van der Waals surface area contributed by atoms with E-state index in [1.165, 1.54) is 0 Å². The third kappa shape index (κ3) is 3.22. The maximum Gasteiger partial charge on any atom is 0.361 e. The van der Waals surface area contributed by atoms with Gasteiger partial charge in [0, 0.05) is 11.1 Å². The molecule has 0 spiro atoms. The van der Waals surface area contributed by atoms with Gasteiger partial charge in [-0.2, -0.15) is 0 Å². The van der Waals surface area contributed by atoms with Crippen molar-refractivity contribution in [3.8, 4) is 39.5 Å². The molecule has 0 aliphatic heterocycles. The van der Waals surface area contributed by atoms with Gasteiger partial charge in [0.1, 0.15) is 5.75 Å². The molecule has 26 heavy (non-hydrogen) atoms. The third-order valence-electron chi connectivity index (χ3n) is 4.33. The summed E-state index contributed by atoms with van der Waals surface area (Å²) in [6.07, 6.45) is 0. The van der Waals surface area contributed by atoms with E-state index in [0.717, 1.165) is 39.5 Å². The molecule has 0 atom stereocenters.